The van der Waals surface area contributed by atoms with Gasteiger partial charge < -0.3 is 10.0 Å². The van der Waals surface area contributed by atoms with Gasteiger partial charge in [0, 0.05) is 19.0 Å². The summed E-state index contributed by atoms with van der Waals surface area (Å²) in [4.78, 5) is 13.1. The molecule has 0 radical (unpaired) electrons. The Morgan fingerprint density at radius 3 is 2.63 bits per heavy atom. The van der Waals surface area contributed by atoms with Gasteiger partial charge in [-0.05, 0) is 37.8 Å². The molecule has 2 aliphatic rings. The minimum Gasteiger partial charge on any atom is -0.481 e. The van der Waals surface area contributed by atoms with Crippen LogP contribution in [0.2, 0.25) is 0 Å². The molecule has 1 atom stereocenters. The SMILES string of the molecule is Cl.O=C(O)C1CCCN(c2ccc(C3CC3)nn2)C1. The number of halogens is 1. The lowest BCUT2D eigenvalue weighted by molar-refractivity contribution is -0.141. The molecule has 0 spiro atoms. The molecule has 2 fully saturated rings. The molecule has 1 aromatic heterocycles. The topological polar surface area (TPSA) is 66.3 Å². The number of carboxylic acid groups (broad SMARTS) is 1. The van der Waals surface area contributed by atoms with E-state index in [0.717, 1.165) is 30.9 Å². The average molecular weight is 284 g/mol. The first kappa shape index (κ1) is 14.1. The third kappa shape index (κ3) is 3.15. The van der Waals surface area contributed by atoms with Gasteiger partial charge in [0.15, 0.2) is 5.82 Å². The van der Waals surface area contributed by atoms with Crippen molar-refractivity contribution in [3.8, 4) is 0 Å². The van der Waals surface area contributed by atoms with E-state index in [0.29, 0.717) is 12.5 Å². The molecule has 0 bridgehead atoms. The molecule has 104 valence electrons. The predicted molar refractivity (Wildman–Crippen MR) is 73.8 cm³/mol. The first-order chi connectivity index (χ1) is 8.74. The summed E-state index contributed by atoms with van der Waals surface area (Å²) in [6.07, 6.45) is 4.11. The molecule has 0 aromatic carbocycles. The minimum absolute atomic E-state index is 0. The standard InChI is InChI=1S/C13H17N3O2.ClH/c17-13(18)10-2-1-7-16(8-10)12-6-5-11(14-15-12)9-3-4-9;/h5-6,9-10H,1-4,7-8H2,(H,17,18);1H. The van der Waals surface area contributed by atoms with Crippen molar-refractivity contribution < 1.29 is 9.90 Å². The molecular weight excluding hydrogens is 266 g/mol. The van der Waals surface area contributed by atoms with Gasteiger partial charge in [0.05, 0.1) is 11.6 Å². The van der Waals surface area contributed by atoms with Gasteiger partial charge in [-0.3, -0.25) is 4.79 Å². The highest BCUT2D eigenvalue weighted by molar-refractivity contribution is 5.85. The van der Waals surface area contributed by atoms with E-state index in [1.54, 1.807) is 0 Å². The predicted octanol–water partition coefficient (Wildman–Crippen LogP) is 2.08. The third-order valence-corrected chi connectivity index (χ3v) is 3.76. The summed E-state index contributed by atoms with van der Waals surface area (Å²) in [7, 11) is 0. The fourth-order valence-corrected chi connectivity index (χ4v) is 2.49. The van der Waals surface area contributed by atoms with Crippen molar-refractivity contribution in [3.05, 3.63) is 17.8 Å². The number of rotatable bonds is 3. The highest BCUT2D eigenvalue weighted by Gasteiger charge is 2.28. The number of carbonyl (C=O) groups is 1. The lowest BCUT2D eigenvalue weighted by Crippen LogP contribution is -2.39. The summed E-state index contributed by atoms with van der Waals surface area (Å²) in [5.74, 6) is 0.441. The lowest BCUT2D eigenvalue weighted by atomic mass is 9.98. The van der Waals surface area contributed by atoms with Gasteiger partial charge in [0.1, 0.15) is 0 Å². The minimum atomic E-state index is -0.706. The molecule has 0 amide bonds. The zero-order chi connectivity index (χ0) is 12.5. The van der Waals surface area contributed by atoms with E-state index in [9.17, 15) is 4.79 Å². The van der Waals surface area contributed by atoms with Gasteiger partial charge in [-0.2, -0.15) is 5.10 Å². The van der Waals surface area contributed by atoms with Crippen LogP contribution in [0, 0.1) is 5.92 Å². The number of hydrogen-bond acceptors (Lipinski definition) is 4. The van der Waals surface area contributed by atoms with Crippen molar-refractivity contribution in [1.82, 2.24) is 10.2 Å². The maximum absolute atomic E-state index is 11.0. The van der Waals surface area contributed by atoms with E-state index in [2.05, 4.69) is 10.2 Å². The van der Waals surface area contributed by atoms with Crippen molar-refractivity contribution in [2.75, 3.05) is 18.0 Å². The molecule has 1 saturated heterocycles. The van der Waals surface area contributed by atoms with Crippen LogP contribution in [-0.2, 0) is 4.79 Å². The van der Waals surface area contributed by atoms with Crippen molar-refractivity contribution >= 4 is 24.2 Å². The monoisotopic (exact) mass is 283 g/mol. The fourth-order valence-electron chi connectivity index (χ4n) is 2.49. The molecule has 19 heavy (non-hydrogen) atoms. The summed E-state index contributed by atoms with van der Waals surface area (Å²) < 4.78 is 0. The normalized spacial score (nSPS) is 22.7. The molecule has 6 heteroatoms. The number of anilines is 1. The van der Waals surface area contributed by atoms with Crippen molar-refractivity contribution in [3.63, 3.8) is 0 Å². The summed E-state index contributed by atoms with van der Waals surface area (Å²) >= 11 is 0. The lowest BCUT2D eigenvalue weighted by Gasteiger charge is -2.31. The summed E-state index contributed by atoms with van der Waals surface area (Å²) in [5.41, 5.74) is 1.07. The van der Waals surface area contributed by atoms with Crippen LogP contribution in [0.5, 0.6) is 0 Å². The van der Waals surface area contributed by atoms with Crippen LogP contribution < -0.4 is 4.90 Å². The Morgan fingerprint density at radius 1 is 1.26 bits per heavy atom. The van der Waals surface area contributed by atoms with Gasteiger partial charge in [0.2, 0.25) is 0 Å². The smallest absolute Gasteiger partial charge is 0.308 e. The van der Waals surface area contributed by atoms with Crippen LogP contribution >= 0.6 is 12.4 Å². The second-order valence-corrected chi connectivity index (χ2v) is 5.21. The Kier molecular flexibility index (Phi) is 4.24. The number of aromatic nitrogens is 2. The summed E-state index contributed by atoms with van der Waals surface area (Å²) in [5, 5.41) is 17.6. The number of carboxylic acids is 1. The molecule has 1 aliphatic heterocycles. The third-order valence-electron chi connectivity index (χ3n) is 3.76. The number of piperidine rings is 1. The Labute approximate surface area is 118 Å². The van der Waals surface area contributed by atoms with Crippen LogP contribution in [0.4, 0.5) is 5.82 Å². The first-order valence-electron chi connectivity index (χ1n) is 6.55. The fraction of sp³-hybridized carbons (Fsp3) is 0.615. The van der Waals surface area contributed by atoms with Gasteiger partial charge in [-0.15, -0.1) is 17.5 Å². The Morgan fingerprint density at radius 2 is 2.05 bits per heavy atom. The van der Waals surface area contributed by atoms with Gasteiger partial charge in [0.25, 0.3) is 0 Å². The maximum atomic E-state index is 11.0. The molecule has 1 N–H and O–H groups in total. The molecule has 1 saturated carbocycles. The zero-order valence-corrected chi connectivity index (χ0v) is 11.5. The Balaban J connectivity index is 0.00000133. The van der Waals surface area contributed by atoms with Crippen LogP contribution in [0.25, 0.3) is 0 Å². The van der Waals surface area contributed by atoms with E-state index in [-0.39, 0.29) is 18.3 Å². The van der Waals surface area contributed by atoms with Crippen LogP contribution in [-0.4, -0.2) is 34.4 Å². The Hall–Kier alpha value is -1.36. The highest BCUT2D eigenvalue weighted by atomic mass is 35.5. The van der Waals surface area contributed by atoms with Gasteiger partial charge >= 0.3 is 5.97 Å². The molecule has 1 aromatic rings. The van der Waals surface area contributed by atoms with Crippen molar-refractivity contribution in [1.29, 1.82) is 0 Å². The number of aliphatic carboxylic acids is 1. The maximum Gasteiger partial charge on any atom is 0.308 e. The van der Waals surface area contributed by atoms with E-state index in [1.165, 1.54) is 12.8 Å². The number of hydrogen-bond donors (Lipinski definition) is 1. The summed E-state index contributed by atoms with van der Waals surface area (Å²) in [6, 6.07) is 4.01. The zero-order valence-electron chi connectivity index (χ0n) is 10.7. The van der Waals surface area contributed by atoms with E-state index >= 15 is 0 Å². The first-order valence-corrected chi connectivity index (χ1v) is 6.55. The van der Waals surface area contributed by atoms with Crippen molar-refractivity contribution in [2.45, 2.75) is 31.6 Å². The average Bonchev–Trinajstić information content (AvgIpc) is 3.23. The van der Waals surface area contributed by atoms with Gasteiger partial charge in [-0.25, -0.2) is 0 Å². The van der Waals surface area contributed by atoms with Crippen LogP contribution in [0.1, 0.15) is 37.3 Å². The van der Waals surface area contributed by atoms with E-state index in [4.69, 9.17) is 5.11 Å². The van der Waals surface area contributed by atoms with Gasteiger partial charge in [-0.1, -0.05) is 0 Å². The summed E-state index contributed by atoms with van der Waals surface area (Å²) in [6.45, 7) is 1.42. The molecule has 1 aliphatic carbocycles. The largest absolute Gasteiger partial charge is 0.481 e. The molecule has 5 nitrogen and oxygen atoms in total. The second kappa shape index (κ2) is 5.74. The van der Waals surface area contributed by atoms with E-state index in [1.807, 2.05) is 17.0 Å². The quantitative estimate of drug-likeness (QED) is 0.920. The highest BCUT2D eigenvalue weighted by Crippen LogP contribution is 2.38. The number of nitrogens with zero attached hydrogens (tertiary/aromatic N) is 3. The molecular formula is C13H18ClN3O2. The van der Waals surface area contributed by atoms with Crippen LogP contribution in [0.15, 0.2) is 12.1 Å². The van der Waals surface area contributed by atoms with E-state index < -0.39 is 5.97 Å². The second-order valence-electron chi connectivity index (χ2n) is 5.21. The molecule has 2 heterocycles. The molecule has 1 unspecified atom stereocenters. The van der Waals surface area contributed by atoms with Crippen molar-refractivity contribution in [2.24, 2.45) is 5.92 Å². The molecule has 3 rings (SSSR count). The van der Waals surface area contributed by atoms with Crippen LogP contribution in [0.3, 0.4) is 0 Å². The Bertz CT molecular complexity index is 448.